The van der Waals surface area contributed by atoms with Gasteiger partial charge in [-0.05, 0) is 50.1 Å². The van der Waals surface area contributed by atoms with Crippen LogP contribution < -0.4 is 0 Å². The number of hydrogen-bond donors (Lipinski definition) is 1. The second-order valence-electron chi connectivity index (χ2n) is 5.87. The molecule has 0 saturated heterocycles. The largest absolute Gasteiger partial charge is 0.478 e. The number of aromatic carboxylic acids is 1. The van der Waals surface area contributed by atoms with Crippen LogP contribution in [0.25, 0.3) is 16.9 Å². The molecule has 0 fully saturated rings. The summed E-state index contributed by atoms with van der Waals surface area (Å²) in [6, 6.07) is 18.0. The van der Waals surface area contributed by atoms with E-state index >= 15 is 0 Å². The minimum Gasteiger partial charge on any atom is -0.478 e. The van der Waals surface area contributed by atoms with E-state index in [-0.39, 0.29) is 0 Å². The van der Waals surface area contributed by atoms with Gasteiger partial charge in [-0.2, -0.15) is 0 Å². The lowest BCUT2D eigenvalue weighted by molar-refractivity contribution is 0.0696. The van der Waals surface area contributed by atoms with E-state index in [0.717, 1.165) is 28.2 Å². The molecule has 3 heteroatoms. The van der Waals surface area contributed by atoms with E-state index in [0.29, 0.717) is 5.56 Å². The Hall–Kier alpha value is -2.81. The molecular weight excluding hydrogens is 286 g/mol. The molecule has 0 radical (unpaired) electrons. The summed E-state index contributed by atoms with van der Waals surface area (Å²) in [4.78, 5) is 11.6. The Kier molecular flexibility index (Phi) is 3.78. The summed E-state index contributed by atoms with van der Waals surface area (Å²) in [5, 5.41) is 9.48. The molecule has 116 valence electrons. The fourth-order valence-electron chi connectivity index (χ4n) is 2.86. The quantitative estimate of drug-likeness (QED) is 0.757. The number of hydrogen-bond acceptors (Lipinski definition) is 1. The minimum absolute atomic E-state index is 0.335. The molecule has 0 atom stereocenters. The van der Waals surface area contributed by atoms with Gasteiger partial charge in [0.1, 0.15) is 0 Å². The Morgan fingerprint density at radius 3 is 2.22 bits per heavy atom. The van der Waals surface area contributed by atoms with Gasteiger partial charge in [0.15, 0.2) is 0 Å². The van der Waals surface area contributed by atoms with Crippen molar-refractivity contribution in [2.24, 2.45) is 0 Å². The van der Waals surface area contributed by atoms with Crippen molar-refractivity contribution in [3.05, 3.63) is 77.0 Å². The Morgan fingerprint density at radius 1 is 0.913 bits per heavy atom. The molecule has 0 bridgehead atoms. The number of carboxylic acids is 1. The molecule has 3 rings (SSSR count). The topological polar surface area (TPSA) is 42.2 Å². The molecule has 0 aliphatic carbocycles. The van der Waals surface area contributed by atoms with Crippen molar-refractivity contribution in [2.75, 3.05) is 0 Å². The third-order valence-electron chi connectivity index (χ3n) is 4.08. The summed E-state index contributed by atoms with van der Waals surface area (Å²) in [6.07, 6.45) is 0. The van der Waals surface area contributed by atoms with Gasteiger partial charge < -0.3 is 9.67 Å². The molecule has 2 aromatic carbocycles. The SMILES string of the molecule is Cc1ccc(-c2cc(C(=O)O)c(C)n2-c2cccc(C)c2)cc1. The normalized spacial score (nSPS) is 10.7. The summed E-state index contributed by atoms with van der Waals surface area (Å²) in [5.41, 5.74) is 6.27. The summed E-state index contributed by atoms with van der Waals surface area (Å²) < 4.78 is 2.01. The van der Waals surface area contributed by atoms with E-state index in [1.54, 1.807) is 6.07 Å². The van der Waals surface area contributed by atoms with Gasteiger partial charge in [0, 0.05) is 11.4 Å². The van der Waals surface area contributed by atoms with Crippen LogP contribution in [-0.2, 0) is 0 Å². The number of aryl methyl sites for hydroxylation is 2. The van der Waals surface area contributed by atoms with Crippen LogP contribution in [0.5, 0.6) is 0 Å². The number of carboxylic acid groups (broad SMARTS) is 1. The third kappa shape index (κ3) is 2.78. The van der Waals surface area contributed by atoms with Gasteiger partial charge in [0.05, 0.1) is 11.3 Å². The summed E-state index contributed by atoms with van der Waals surface area (Å²) in [6.45, 7) is 5.92. The molecule has 1 heterocycles. The first-order valence-electron chi connectivity index (χ1n) is 7.57. The zero-order valence-electron chi connectivity index (χ0n) is 13.5. The van der Waals surface area contributed by atoms with Crippen LogP contribution in [0.1, 0.15) is 27.2 Å². The van der Waals surface area contributed by atoms with Crippen molar-refractivity contribution >= 4 is 5.97 Å². The van der Waals surface area contributed by atoms with Crippen molar-refractivity contribution < 1.29 is 9.90 Å². The van der Waals surface area contributed by atoms with Crippen molar-refractivity contribution in [3.63, 3.8) is 0 Å². The highest BCUT2D eigenvalue weighted by atomic mass is 16.4. The van der Waals surface area contributed by atoms with E-state index < -0.39 is 5.97 Å². The van der Waals surface area contributed by atoms with E-state index in [9.17, 15) is 9.90 Å². The Balaban J connectivity index is 2.28. The van der Waals surface area contributed by atoms with E-state index in [1.165, 1.54) is 5.56 Å². The van der Waals surface area contributed by atoms with Crippen LogP contribution in [0.3, 0.4) is 0 Å². The van der Waals surface area contributed by atoms with Crippen LogP contribution in [0.4, 0.5) is 0 Å². The molecule has 0 aliphatic heterocycles. The van der Waals surface area contributed by atoms with E-state index in [1.807, 2.05) is 67.8 Å². The second kappa shape index (κ2) is 5.76. The Bertz CT molecular complexity index is 873. The van der Waals surface area contributed by atoms with E-state index in [2.05, 4.69) is 6.07 Å². The van der Waals surface area contributed by atoms with Crippen LogP contribution in [0, 0.1) is 20.8 Å². The molecular formula is C20H19NO2. The van der Waals surface area contributed by atoms with Crippen molar-refractivity contribution in [3.8, 4) is 16.9 Å². The lowest BCUT2D eigenvalue weighted by Crippen LogP contribution is -2.02. The predicted molar refractivity (Wildman–Crippen MR) is 92.4 cm³/mol. The highest BCUT2D eigenvalue weighted by Gasteiger charge is 2.18. The van der Waals surface area contributed by atoms with Gasteiger partial charge in [-0.3, -0.25) is 0 Å². The molecule has 3 nitrogen and oxygen atoms in total. The molecule has 0 aliphatic rings. The number of carbonyl (C=O) groups is 1. The van der Waals surface area contributed by atoms with Crippen LogP contribution in [-0.4, -0.2) is 15.6 Å². The van der Waals surface area contributed by atoms with Gasteiger partial charge in [-0.15, -0.1) is 0 Å². The average molecular weight is 305 g/mol. The fraction of sp³-hybridized carbons (Fsp3) is 0.150. The van der Waals surface area contributed by atoms with Gasteiger partial charge in [0.2, 0.25) is 0 Å². The van der Waals surface area contributed by atoms with Gasteiger partial charge >= 0.3 is 5.97 Å². The second-order valence-corrected chi connectivity index (χ2v) is 5.87. The first-order chi connectivity index (χ1) is 11.0. The molecule has 0 spiro atoms. The predicted octanol–water partition coefficient (Wildman–Crippen LogP) is 4.77. The molecule has 1 aromatic heterocycles. The average Bonchev–Trinajstić information content (AvgIpc) is 2.85. The van der Waals surface area contributed by atoms with Gasteiger partial charge in [-0.25, -0.2) is 4.79 Å². The molecule has 1 N–H and O–H groups in total. The summed E-state index contributed by atoms with van der Waals surface area (Å²) >= 11 is 0. The number of benzene rings is 2. The Morgan fingerprint density at radius 2 is 1.61 bits per heavy atom. The smallest absolute Gasteiger partial charge is 0.337 e. The van der Waals surface area contributed by atoms with Crippen LogP contribution in [0.2, 0.25) is 0 Å². The zero-order chi connectivity index (χ0) is 16.6. The third-order valence-corrected chi connectivity index (χ3v) is 4.08. The molecule has 3 aromatic rings. The number of nitrogens with zero attached hydrogens (tertiary/aromatic N) is 1. The van der Waals surface area contributed by atoms with Crippen LogP contribution in [0.15, 0.2) is 54.6 Å². The first kappa shape index (κ1) is 15.1. The zero-order valence-corrected chi connectivity index (χ0v) is 13.5. The van der Waals surface area contributed by atoms with Gasteiger partial charge in [0.25, 0.3) is 0 Å². The lowest BCUT2D eigenvalue weighted by Gasteiger charge is -2.13. The molecule has 23 heavy (non-hydrogen) atoms. The van der Waals surface area contributed by atoms with Crippen LogP contribution >= 0.6 is 0 Å². The molecule has 0 amide bonds. The lowest BCUT2D eigenvalue weighted by atomic mass is 10.1. The molecule has 0 unspecified atom stereocenters. The standard InChI is InChI=1S/C20H19NO2/c1-13-7-9-16(10-8-13)19-12-18(20(22)23)15(3)21(19)17-6-4-5-14(2)11-17/h4-12H,1-3H3,(H,22,23). The highest BCUT2D eigenvalue weighted by Crippen LogP contribution is 2.30. The maximum Gasteiger partial charge on any atom is 0.337 e. The number of aromatic nitrogens is 1. The molecule has 0 saturated carbocycles. The minimum atomic E-state index is -0.901. The summed E-state index contributed by atoms with van der Waals surface area (Å²) in [5.74, 6) is -0.901. The maximum absolute atomic E-state index is 11.6. The Labute approximate surface area is 135 Å². The van der Waals surface area contributed by atoms with Crippen molar-refractivity contribution in [1.29, 1.82) is 0 Å². The maximum atomic E-state index is 11.6. The fourth-order valence-corrected chi connectivity index (χ4v) is 2.86. The van der Waals surface area contributed by atoms with Gasteiger partial charge in [-0.1, -0.05) is 42.0 Å². The van der Waals surface area contributed by atoms with Crippen molar-refractivity contribution in [1.82, 2.24) is 4.57 Å². The first-order valence-corrected chi connectivity index (χ1v) is 7.57. The van der Waals surface area contributed by atoms with E-state index in [4.69, 9.17) is 0 Å². The van der Waals surface area contributed by atoms with Crippen molar-refractivity contribution in [2.45, 2.75) is 20.8 Å². The monoisotopic (exact) mass is 305 g/mol. The highest BCUT2D eigenvalue weighted by molar-refractivity contribution is 5.91. The number of rotatable bonds is 3. The summed E-state index contributed by atoms with van der Waals surface area (Å²) in [7, 11) is 0.